The number of rotatable bonds is 3. The Morgan fingerprint density at radius 3 is 2.23 bits per heavy atom. The molecule has 0 aliphatic carbocycles. The fourth-order valence-corrected chi connectivity index (χ4v) is 1.64. The van der Waals surface area contributed by atoms with E-state index in [-0.39, 0.29) is 0 Å². The standard InChI is InChI=1S/C11H15NS/c1-3-10-4-6-11(7-5-10)8-13-9(2)12/h4-7,12H,3,8H2,1-2H3. The number of benzene rings is 1. The van der Waals surface area contributed by atoms with Gasteiger partial charge in [0.25, 0.3) is 0 Å². The summed E-state index contributed by atoms with van der Waals surface area (Å²) in [5.41, 5.74) is 2.68. The minimum Gasteiger partial charge on any atom is -0.299 e. The Balaban J connectivity index is 2.54. The molecule has 13 heavy (non-hydrogen) atoms. The molecule has 0 saturated carbocycles. The van der Waals surface area contributed by atoms with Gasteiger partial charge in [0.2, 0.25) is 0 Å². The molecule has 0 unspecified atom stereocenters. The van der Waals surface area contributed by atoms with Gasteiger partial charge in [-0.1, -0.05) is 31.2 Å². The molecule has 0 atom stereocenters. The topological polar surface area (TPSA) is 23.9 Å². The minimum absolute atomic E-state index is 0.680. The van der Waals surface area contributed by atoms with Crippen LogP contribution in [0.3, 0.4) is 0 Å². The van der Waals surface area contributed by atoms with E-state index >= 15 is 0 Å². The zero-order valence-electron chi connectivity index (χ0n) is 8.13. The second-order valence-corrected chi connectivity index (χ2v) is 4.20. The normalized spacial score (nSPS) is 10.0. The van der Waals surface area contributed by atoms with Crippen LogP contribution in [0.1, 0.15) is 25.0 Å². The fraction of sp³-hybridized carbons (Fsp3) is 0.364. The molecule has 1 aromatic carbocycles. The fourth-order valence-electron chi connectivity index (χ4n) is 1.06. The summed E-state index contributed by atoms with van der Waals surface area (Å²) in [6.07, 6.45) is 1.09. The summed E-state index contributed by atoms with van der Waals surface area (Å²) in [6.45, 7) is 3.98. The number of thioether (sulfide) groups is 1. The largest absolute Gasteiger partial charge is 0.299 e. The molecule has 1 rings (SSSR count). The van der Waals surface area contributed by atoms with Crippen LogP contribution in [0.4, 0.5) is 0 Å². The monoisotopic (exact) mass is 193 g/mol. The average molecular weight is 193 g/mol. The first kappa shape index (κ1) is 10.3. The predicted molar refractivity (Wildman–Crippen MR) is 60.5 cm³/mol. The van der Waals surface area contributed by atoms with Gasteiger partial charge >= 0.3 is 0 Å². The molecule has 1 N–H and O–H groups in total. The van der Waals surface area contributed by atoms with Crippen LogP contribution < -0.4 is 0 Å². The van der Waals surface area contributed by atoms with Crippen molar-refractivity contribution >= 4 is 16.8 Å². The lowest BCUT2D eigenvalue weighted by Crippen LogP contribution is -1.86. The summed E-state index contributed by atoms with van der Waals surface area (Å²) < 4.78 is 0. The smallest absolute Gasteiger partial charge is 0.0613 e. The van der Waals surface area contributed by atoms with Crippen LogP contribution in [0.15, 0.2) is 24.3 Å². The molecule has 0 bridgehead atoms. The van der Waals surface area contributed by atoms with Gasteiger partial charge in [0.1, 0.15) is 0 Å². The highest BCUT2D eigenvalue weighted by molar-refractivity contribution is 8.13. The van der Waals surface area contributed by atoms with Crippen LogP contribution in [0.5, 0.6) is 0 Å². The second kappa shape index (κ2) is 5.07. The van der Waals surface area contributed by atoms with Crippen molar-refractivity contribution in [2.75, 3.05) is 0 Å². The zero-order valence-corrected chi connectivity index (χ0v) is 8.95. The first-order valence-corrected chi connectivity index (χ1v) is 5.46. The lowest BCUT2D eigenvalue weighted by atomic mass is 10.1. The summed E-state index contributed by atoms with van der Waals surface area (Å²) in [7, 11) is 0. The Kier molecular flexibility index (Phi) is 4.03. The number of hydrogen-bond acceptors (Lipinski definition) is 2. The van der Waals surface area contributed by atoms with E-state index in [9.17, 15) is 0 Å². The Morgan fingerprint density at radius 2 is 1.77 bits per heavy atom. The van der Waals surface area contributed by atoms with Gasteiger partial charge < -0.3 is 0 Å². The van der Waals surface area contributed by atoms with E-state index in [0.29, 0.717) is 5.04 Å². The molecule has 0 heterocycles. The minimum atomic E-state index is 0.680. The lowest BCUT2D eigenvalue weighted by molar-refractivity contribution is 1.13. The molecule has 1 nitrogen and oxygen atoms in total. The van der Waals surface area contributed by atoms with Crippen molar-refractivity contribution in [1.82, 2.24) is 0 Å². The van der Waals surface area contributed by atoms with E-state index in [0.717, 1.165) is 12.2 Å². The van der Waals surface area contributed by atoms with Crippen molar-refractivity contribution in [1.29, 1.82) is 5.41 Å². The quantitative estimate of drug-likeness (QED) is 0.576. The third-order valence-electron chi connectivity index (χ3n) is 1.89. The molecule has 0 radical (unpaired) electrons. The maximum Gasteiger partial charge on any atom is 0.0613 e. The molecule has 2 heteroatoms. The number of hydrogen-bond donors (Lipinski definition) is 1. The third kappa shape index (κ3) is 3.64. The number of nitrogens with one attached hydrogen (secondary N) is 1. The lowest BCUT2D eigenvalue weighted by Gasteiger charge is -2.01. The van der Waals surface area contributed by atoms with Crippen LogP contribution >= 0.6 is 11.8 Å². The Labute approximate surface area is 84.1 Å². The van der Waals surface area contributed by atoms with E-state index in [1.54, 1.807) is 11.8 Å². The number of aryl methyl sites for hydroxylation is 1. The maximum atomic E-state index is 7.29. The predicted octanol–water partition coefficient (Wildman–Crippen LogP) is 3.48. The SMILES string of the molecule is CCc1ccc(CSC(C)=N)cc1. The van der Waals surface area contributed by atoms with E-state index in [1.807, 2.05) is 6.92 Å². The van der Waals surface area contributed by atoms with Crippen LogP contribution in [0.25, 0.3) is 0 Å². The highest BCUT2D eigenvalue weighted by Gasteiger charge is 1.94. The molecular weight excluding hydrogens is 178 g/mol. The van der Waals surface area contributed by atoms with Gasteiger partial charge in [0.15, 0.2) is 0 Å². The van der Waals surface area contributed by atoms with Gasteiger partial charge in [-0.15, -0.1) is 11.8 Å². The molecule has 0 aliphatic rings. The third-order valence-corrected chi connectivity index (χ3v) is 2.80. The maximum absolute atomic E-state index is 7.29. The van der Waals surface area contributed by atoms with E-state index in [4.69, 9.17) is 5.41 Å². The van der Waals surface area contributed by atoms with E-state index < -0.39 is 0 Å². The first-order valence-electron chi connectivity index (χ1n) is 4.48. The van der Waals surface area contributed by atoms with Gasteiger partial charge in [0.05, 0.1) is 5.04 Å². The van der Waals surface area contributed by atoms with E-state index in [2.05, 4.69) is 31.2 Å². The molecule has 0 aromatic heterocycles. The Bertz CT molecular complexity index is 277. The molecular formula is C11H15NS. The molecule has 70 valence electrons. The molecule has 0 aliphatic heterocycles. The van der Waals surface area contributed by atoms with Gasteiger partial charge in [-0.05, 0) is 24.5 Å². The average Bonchev–Trinajstić information content (AvgIpc) is 2.15. The second-order valence-electron chi connectivity index (χ2n) is 3.01. The summed E-state index contributed by atoms with van der Waals surface area (Å²) in [6, 6.07) is 8.62. The Morgan fingerprint density at radius 1 is 1.23 bits per heavy atom. The highest BCUT2D eigenvalue weighted by atomic mass is 32.2. The first-order chi connectivity index (χ1) is 6.22. The van der Waals surface area contributed by atoms with Crippen LogP contribution in [-0.2, 0) is 12.2 Å². The summed E-state index contributed by atoms with van der Waals surface area (Å²) in [5, 5.41) is 7.97. The highest BCUT2D eigenvalue weighted by Crippen LogP contribution is 2.13. The van der Waals surface area contributed by atoms with Crippen molar-refractivity contribution < 1.29 is 0 Å². The van der Waals surface area contributed by atoms with Crippen LogP contribution in [-0.4, -0.2) is 5.04 Å². The summed E-state index contributed by atoms with van der Waals surface area (Å²) in [5.74, 6) is 0.916. The molecule has 0 saturated heterocycles. The molecule has 0 spiro atoms. The molecule has 0 amide bonds. The summed E-state index contributed by atoms with van der Waals surface area (Å²) in [4.78, 5) is 0. The van der Waals surface area contributed by atoms with Crippen LogP contribution in [0, 0.1) is 5.41 Å². The van der Waals surface area contributed by atoms with Gasteiger partial charge in [-0.25, -0.2) is 0 Å². The summed E-state index contributed by atoms with van der Waals surface area (Å²) >= 11 is 1.58. The van der Waals surface area contributed by atoms with Crippen molar-refractivity contribution in [2.24, 2.45) is 0 Å². The van der Waals surface area contributed by atoms with Gasteiger partial charge in [-0.2, -0.15) is 0 Å². The zero-order chi connectivity index (χ0) is 9.68. The van der Waals surface area contributed by atoms with Crippen molar-refractivity contribution in [3.05, 3.63) is 35.4 Å². The van der Waals surface area contributed by atoms with Crippen LogP contribution in [0.2, 0.25) is 0 Å². The van der Waals surface area contributed by atoms with E-state index in [1.165, 1.54) is 11.1 Å². The Hall–Kier alpha value is -0.760. The van der Waals surface area contributed by atoms with Crippen molar-refractivity contribution in [3.8, 4) is 0 Å². The molecule has 0 fully saturated rings. The van der Waals surface area contributed by atoms with Gasteiger partial charge in [-0.3, -0.25) is 5.41 Å². The molecule has 1 aromatic rings. The van der Waals surface area contributed by atoms with Gasteiger partial charge in [0, 0.05) is 5.75 Å². The van der Waals surface area contributed by atoms with Crippen molar-refractivity contribution in [2.45, 2.75) is 26.0 Å². The van der Waals surface area contributed by atoms with Crippen molar-refractivity contribution in [3.63, 3.8) is 0 Å².